The average molecular weight is 400 g/mol. The Labute approximate surface area is 169 Å². The minimum atomic E-state index is -0.630. The number of methoxy groups -OCH3 is 3. The lowest BCUT2D eigenvalue weighted by Crippen LogP contribution is -2.28. The lowest BCUT2D eigenvalue weighted by molar-refractivity contribution is -0.116. The first-order valence-corrected chi connectivity index (χ1v) is 8.89. The zero-order valence-corrected chi connectivity index (χ0v) is 16.8. The van der Waals surface area contributed by atoms with Crippen molar-refractivity contribution >= 4 is 23.5 Å². The van der Waals surface area contributed by atoms with Crippen LogP contribution in [0.3, 0.4) is 0 Å². The molecule has 0 aliphatic carbocycles. The number of rotatable bonds is 8. The van der Waals surface area contributed by atoms with Gasteiger partial charge in [-0.25, -0.2) is 4.79 Å². The Morgan fingerprint density at radius 2 is 1.59 bits per heavy atom. The highest BCUT2D eigenvalue weighted by atomic mass is 16.5. The smallest absolute Gasteiger partial charge is 0.340 e. The molecule has 2 aromatic rings. The van der Waals surface area contributed by atoms with Crippen LogP contribution in [0, 0.1) is 6.92 Å². The zero-order valence-electron chi connectivity index (χ0n) is 16.8. The molecule has 154 valence electrons. The van der Waals surface area contributed by atoms with Gasteiger partial charge in [-0.15, -0.1) is 0 Å². The van der Waals surface area contributed by atoms with E-state index in [1.54, 1.807) is 12.1 Å². The molecule has 0 spiro atoms. The van der Waals surface area contributed by atoms with Gasteiger partial charge in [-0.3, -0.25) is 9.59 Å². The Kier molecular flexibility index (Phi) is 7.59. The van der Waals surface area contributed by atoms with Gasteiger partial charge < -0.3 is 24.8 Å². The molecule has 0 fully saturated rings. The molecule has 8 nitrogen and oxygen atoms in total. The fourth-order valence-electron chi connectivity index (χ4n) is 2.69. The number of anilines is 1. The van der Waals surface area contributed by atoms with Gasteiger partial charge in [0.05, 0.1) is 32.6 Å². The summed E-state index contributed by atoms with van der Waals surface area (Å²) < 4.78 is 15.2. The van der Waals surface area contributed by atoms with Gasteiger partial charge in [0.1, 0.15) is 0 Å². The molecule has 0 aliphatic heterocycles. The van der Waals surface area contributed by atoms with Crippen molar-refractivity contribution in [1.29, 1.82) is 0 Å². The van der Waals surface area contributed by atoms with E-state index in [0.29, 0.717) is 17.1 Å². The molecule has 0 saturated carbocycles. The second kappa shape index (κ2) is 10.1. The molecule has 0 bridgehead atoms. The summed E-state index contributed by atoms with van der Waals surface area (Å²) in [7, 11) is 4.13. The van der Waals surface area contributed by atoms with Crippen molar-refractivity contribution in [3.63, 3.8) is 0 Å². The maximum Gasteiger partial charge on any atom is 0.340 e. The highest BCUT2D eigenvalue weighted by Crippen LogP contribution is 2.33. The first-order valence-electron chi connectivity index (χ1n) is 8.89. The van der Waals surface area contributed by atoms with Crippen LogP contribution in [-0.4, -0.2) is 45.7 Å². The van der Waals surface area contributed by atoms with Crippen LogP contribution in [0.1, 0.15) is 32.7 Å². The molecule has 0 atom stereocenters. The second-order valence-corrected chi connectivity index (χ2v) is 6.11. The van der Waals surface area contributed by atoms with E-state index in [2.05, 4.69) is 10.6 Å². The molecule has 0 saturated heterocycles. The van der Waals surface area contributed by atoms with E-state index in [1.165, 1.54) is 33.5 Å². The normalized spacial score (nSPS) is 10.1. The van der Waals surface area contributed by atoms with Crippen LogP contribution in [0.4, 0.5) is 5.69 Å². The van der Waals surface area contributed by atoms with Crippen LogP contribution >= 0.6 is 0 Å². The van der Waals surface area contributed by atoms with Crippen molar-refractivity contribution in [1.82, 2.24) is 5.32 Å². The van der Waals surface area contributed by atoms with E-state index in [-0.39, 0.29) is 36.0 Å². The van der Waals surface area contributed by atoms with Gasteiger partial charge in [-0.2, -0.15) is 0 Å². The number of hydrogen-bond acceptors (Lipinski definition) is 6. The number of ether oxygens (including phenoxy) is 3. The van der Waals surface area contributed by atoms with Crippen LogP contribution in [0.15, 0.2) is 36.4 Å². The van der Waals surface area contributed by atoms with E-state index in [1.807, 2.05) is 19.1 Å². The highest BCUT2D eigenvalue weighted by Gasteiger charge is 2.19. The number of benzene rings is 2. The lowest BCUT2D eigenvalue weighted by Gasteiger charge is -2.15. The van der Waals surface area contributed by atoms with Gasteiger partial charge in [-0.1, -0.05) is 18.2 Å². The van der Waals surface area contributed by atoms with Gasteiger partial charge in [0, 0.05) is 30.7 Å². The van der Waals surface area contributed by atoms with E-state index in [0.717, 1.165) is 5.56 Å². The van der Waals surface area contributed by atoms with Gasteiger partial charge in [0.2, 0.25) is 5.91 Å². The van der Waals surface area contributed by atoms with Crippen LogP contribution in [0.2, 0.25) is 0 Å². The van der Waals surface area contributed by atoms with Crippen LogP contribution in [-0.2, 0) is 9.53 Å². The standard InChI is InChI=1S/C21H24N2O6/c1-13-7-5-6-8-14(13)20(25)22-10-9-19(24)23-16-12-18(28-3)17(27-2)11-15(16)21(26)29-4/h5-8,11-12H,9-10H2,1-4H3,(H,22,25)(H,23,24). The van der Waals surface area contributed by atoms with Gasteiger partial charge in [0.25, 0.3) is 5.91 Å². The van der Waals surface area contributed by atoms with Gasteiger partial charge in [0.15, 0.2) is 11.5 Å². The first-order chi connectivity index (χ1) is 13.9. The largest absolute Gasteiger partial charge is 0.493 e. The summed E-state index contributed by atoms with van der Waals surface area (Å²) in [5.74, 6) is -0.585. The van der Waals surface area contributed by atoms with E-state index in [4.69, 9.17) is 14.2 Å². The summed E-state index contributed by atoms with van der Waals surface area (Å²) in [5, 5.41) is 5.36. The molecule has 0 unspecified atom stereocenters. The molecule has 0 radical (unpaired) electrons. The Morgan fingerprint density at radius 3 is 2.21 bits per heavy atom. The highest BCUT2D eigenvalue weighted by molar-refractivity contribution is 6.02. The fourth-order valence-corrected chi connectivity index (χ4v) is 2.69. The SMILES string of the molecule is COC(=O)c1cc(OC)c(OC)cc1NC(=O)CCNC(=O)c1ccccc1C. The molecule has 2 rings (SSSR count). The number of esters is 1. The predicted molar refractivity (Wildman–Crippen MR) is 108 cm³/mol. The third-order valence-electron chi connectivity index (χ3n) is 4.23. The van der Waals surface area contributed by atoms with Crippen molar-refractivity contribution in [3.8, 4) is 11.5 Å². The monoisotopic (exact) mass is 400 g/mol. The van der Waals surface area contributed by atoms with Crippen molar-refractivity contribution < 1.29 is 28.6 Å². The third kappa shape index (κ3) is 5.47. The molecule has 0 heterocycles. The molecule has 0 aromatic heterocycles. The topological polar surface area (TPSA) is 103 Å². The lowest BCUT2D eigenvalue weighted by atomic mass is 10.1. The van der Waals surface area contributed by atoms with Crippen molar-refractivity contribution in [2.45, 2.75) is 13.3 Å². The molecule has 0 aliphatic rings. The van der Waals surface area contributed by atoms with E-state index >= 15 is 0 Å². The summed E-state index contributed by atoms with van der Waals surface area (Å²) in [6.45, 7) is 1.98. The first kappa shape index (κ1) is 21.7. The maximum atomic E-state index is 12.3. The number of carbonyl (C=O) groups excluding carboxylic acids is 3. The van der Waals surface area contributed by atoms with Crippen LogP contribution in [0.5, 0.6) is 11.5 Å². The number of carbonyl (C=O) groups is 3. The summed E-state index contributed by atoms with van der Waals surface area (Å²) in [6, 6.07) is 10.1. The van der Waals surface area contributed by atoms with E-state index < -0.39 is 5.97 Å². The Bertz CT molecular complexity index is 910. The van der Waals surface area contributed by atoms with Crippen molar-refractivity contribution in [2.24, 2.45) is 0 Å². The quantitative estimate of drug-likeness (QED) is 0.660. The Hall–Kier alpha value is -3.55. The molecule has 2 N–H and O–H groups in total. The second-order valence-electron chi connectivity index (χ2n) is 6.11. The molecular weight excluding hydrogens is 376 g/mol. The van der Waals surface area contributed by atoms with Crippen molar-refractivity contribution in [2.75, 3.05) is 33.2 Å². The van der Waals surface area contributed by atoms with Gasteiger partial charge >= 0.3 is 5.97 Å². The molecular formula is C21H24N2O6. The Morgan fingerprint density at radius 1 is 0.931 bits per heavy atom. The van der Waals surface area contributed by atoms with Gasteiger partial charge in [-0.05, 0) is 18.6 Å². The third-order valence-corrected chi connectivity index (χ3v) is 4.23. The zero-order chi connectivity index (χ0) is 21.4. The number of hydrogen-bond donors (Lipinski definition) is 2. The minimum absolute atomic E-state index is 0.0204. The molecule has 29 heavy (non-hydrogen) atoms. The maximum absolute atomic E-state index is 12.3. The number of amides is 2. The predicted octanol–water partition coefficient (Wildman–Crippen LogP) is 2.56. The average Bonchev–Trinajstić information content (AvgIpc) is 2.72. The molecule has 2 amide bonds. The fraction of sp³-hybridized carbons (Fsp3) is 0.286. The minimum Gasteiger partial charge on any atom is -0.493 e. The van der Waals surface area contributed by atoms with E-state index in [9.17, 15) is 14.4 Å². The summed E-state index contributed by atoms with van der Waals surface area (Å²) in [4.78, 5) is 36.6. The summed E-state index contributed by atoms with van der Waals surface area (Å²) in [5.41, 5.74) is 1.76. The van der Waals surface area contributed by atoms with Crippen LogP contribution < -0.4 is 20.1 Å². The van der Waals surface area contributed by atoms with Crippen LogP contribution in [0.25, 0.3) is 0 Å². The summed E-state index contributed by atoms with van der Waals surface area (Å²) in [6.07, 6.45) is 0.0204. The molecule has 2 aromatic carbocycles. The van der Waals surface area contributed by atoms with Crippen molar-refractivity contribution in [3.05, 3.63) is 53.1 Å². The number of aryl methyl sites for hydroxylation is 1. The number of nitrogens with one attached hydrogen (secondary N) is 2. The summed E-state index contributed by atoms with van der Waals surface area (Å²) >= 11 is 0. The molecule has 8 heteroatoms. The Balaban J connectivity index is 2.05.